The largest absolute Gasteiger partial charge is 0.480 e. The van der Waals surface area contributed by atoms with E-state index >= 15 is 0 Å². The first-order valence-electron chi connectivity index (χ1n) is 23.0. The first-order valence-corrected chi connectivity index (χ1v) is 24.5. The van der Waals surface area contributed by atoms with Crippen LogP contribution >= 0.6 is 7.82 Å². The molecule has 0 aliphatic carbocycles. The maximum absolute atomic E-state index is 12.6. The van der Waals surface area contributed by atoms with Gasteiger partial charge in [0.05, 0.1) is 13.2 Å². The average molecular weight is 842 g/mol. The number of phosphoric ester groups is 1. The molecule has 0 aromatic carbocycles. The second kappa shape index (κ2) is 41.4. The van der Waals surface area contributed by atoms with E-state index in [0.717, 1.165) is 57.8 Å². The van der Waals surface area contributed by atoms with Gasteiger partial charge in [-0.25, -0.2) is 4.57 Å². The normalized spacial score (nSPS) is 14.0. The van der Waals surface area contributed by atoms with Gasteiger partial charge in [0.25, 0.3) is 0 Å². The molecule has 0 aliphatic heterocycles. The number of aliphatic carboxylic acids is 1. The zero-order valence-corrected chi connectivity index (χ0v) is 37.5. The molecule has 58 heavy (non-hydrogen) atoms. The second-order valence-electron chi connectivity index (χ2n) is 15.6. The topological polar surface area (TPSA) is 172 Å². The van der Waals surface area contributed by atoms with Crippen LogP contribution in [-0.4, -0.2) is 59.9 Å². The zero-order valence-electron chi connectivity index (χ0n) is 36.6. The molecule has 1 unspecified atom stereocenters. The SMILES string of the molecule is CCCCCC/C=C/C=C/CCCCCCCC(=O)O[C@H](COC(=O)CCCCCCCCCCC/C=C/CCCCCCCC)COP(=O)(O)OC[C@H](N)C(=O)O. The van der Waals surface area contributed by atoms with Crippen molar-refractivity contribution in [1.82, 2.24) is 0 Å². The number of nitrogens with two attached hydrogens (primary N) is 1. The molecule has 3 atom stereocenters. The summed E-state index contributed by atoms with van der Waals surface area (Å²) < 4.78 is 32.7. The smallest absolute Gasteiger partial charge is 0.472 e. The predicted molar refractivity (Wildman–Crippen MR) is 235 cm³/mol. The summed E-state index contributed by atoms with van der Waals surface area (Å²) in [5.41, 5.74) is 5.34. The van der Waals surface area contributed by atoms with E-state index in [2.05, 4.69) is 54.8 Å². The molecular formula is C46H84NO10P. The lowest BCUT2D eigenvalue weighted by atomic mass is 10.1. The fourth-order valence-electron chi connectivity index (χ4n) is 6.23. The third kappa shape index (κ3) is 40.5. The van der Waals surface area contributed by atoms with E-state index in [9.17, 15) is 23.8 Å². The fourth-order valence-corrected chi connectivity index (χ4v) is 7.01. The van der Waals surface area contributed by atoms with Crippen molar-refractivity contribution in [2.75, 3.05) is 19.8 Å². The molecule has 0 spiro atoms. The van der Waals surface area contributed by atoms with E-state index < -0.39 is 51.1 Å². The number of carbonyl (C=O) groups is 3. The molecule has 0 fully saturated rings. The van der Waals surface area contributed by atoms with Crippen molar-refractivity contribution in [3.05, 3.63) is 36.5 Å². The summed E-state index contributed by atoms with van der Waals surface area (Å²) in [5.74, 6) is -2.40. The predicted octanol–water partition coefficient (Wildman–Crippen LogP) is 12.4. The summed E-state index contributed by atoms with van der Waals surface area (Å²) in [6, 6.07) is -1.52. The molecule has 0 amide bonds. The monoisotopic (exact) mass is 842 g/mol. The lowest BCUT2D eigenvalue weighted by Crippen LogP contribution is -2.34. The number of unbranched alkanes of at least 4 members (excludes halogenated alkanes) is 24. The number of carboxylic acids is 1. The number of carboxylic acid groups (broad SMARTS) is 1. The lowest BCUT2D eigenvalue weighted by molar-refractivity contribution is -0.161. The van der Waals surface area contributed by atoms with E-state index in [0.29, 0.717) is 12.8 Å². The van der Waals surface area contributed by atoms with Crippen LogP contribution < -0.4 is 5.73 Å². The van der Waals surface area contributed by atoms with Crippen LogP contribution in [0.4, 0.5) is 0 Å². The van der Waals surface area contributed by atoms with Crippen LogP contribution in [0.2, 0.25) is 0 Å². The Morgan fingerprint density at radius 3 is 1.38 bits per heavy atom. The Hall–Kier alpha value is -2.30. The first kappa shape index (κ1) is 55.7. The molecule has 0 saturated heterocycles. The molecule has 11 nitrogen and oxygen atoms in total. The summed E-state index contributed by atoms with van der Waals surface area (Å²) in [5, 5.41) is 8.89. The van der Waals surface area contributed by atoms with Gasteiger partial charge in [0, 0.05) is 12.8 Å². The number of rotatable bonds is 43. The summed E-state index contributed by atoms with van der Waals surface area (Å²) >= 11 is 0. The number of hydrogen-bond acceptors (Lipinski definition) is 9. The number of hydrogen-bond donors (Lipinski definition) is 3. The highest BCUT2D eigenvalue weighted by molar-refractivity contribution is 7.47. The maximum Gasteiger partial charge on any atom is 0.472 e. The van der Waals surface area contributed by atoms with Gasteiger partial charge in [-0.15, -0.1) is 0 Å². The molecule has 0 aromatic heterocycles. The Kier molecular flexibility index (Phi) is 39.8. The van der Waals surface area contributed by atoms with Gasteiger partial charge in [-0.1, -0.05) is 166 Å². The van der Waals surface area contributed by atoms with Gasteiger partial charge in [-0.05, 0) is 64.2 Å². The maximum atomic E-state index is 12.6. The van der Waals surface area contributed by atoms with Crippen LogP contribution in [-0.2, 0) is 37.5 Å². The molecule has 0 aromatic rings. The lowest BCUT2D eigenvalue weighted by Gasteiger charge is -2.20. The van der Waals surface area contributed by atoms with Crippen molar-refractivity contribution in [2.24, 2.45) is 5.73 Å². The molecule has 0 rings (SSSR count). The Morgan fingerprint density at radius 2 is 0.914 bits per heavy atom. The van der Waals surface area contributed by atoms with E-state index in [1.165, 1.54) is 109 Å². The third-order valence-electron chi connectivity index (χ3n) is 9.89. The fraction of sp³-hybridized carbons (Fsp3) is 0.804. The van der Waals surface area contributed by atoms with Gasteiger partial charge in [0.1, 0.15) is 12.6 Å². The number of ether oxygens (including phenoxy) is 2. The second-order valence-corrected chi connectivity index (χ2v) is 17.0. The summed E-state index contributed by atoms with van der Waals surface area (Å²) in [6.07, 6.45) is 44.9. The van der Waals surface area contributed by atoms with Crippen LogP contribution in [0, 0.1) is 0 Å². The van der Waals surface area contributed by atoms with Gasteiger partial charge in [-0.2, -0.15) is 0 Å². The van der Waals surface area contributed by atoms with Gasteiger partial charge in [0.2, 0.25) is 0 Å². The molecule has 0 bridgehead atoms. The van der Waals surface area contributed by atoms with Crippen molar-refractivity contribution in [3.8, 4) is 0 Å². The minimum atomic E-state index is -4.72. The minimum Gasteiger partial charge on any atom is -0.480 e. The Morgan fingerprint density at radius 1 is 0.534 bits per heavy atom. The molecule has 338 valence electrons. The zero-order chi connectivity index (χ0) is 42.8. The molecule has 12 heteroatoms. The van der Waals surface area contributed by atoms with E-state index in [-0.39, 0.29) is 19.4 Å². The van der Waals surface area contributed by atoms with Crippen molar-refractivity contribution >= 4 is 25.7 Å². The third-order valence-corrected chi connectivity index (χ3v) is 10.8. The number of esters is 2. The minimum absolute atomic E-state index is 0.144. The number of carbonyl (C=O) groups excluding carboxylic acids is 2. The average Bonchev–Trinajstić information content (AvgIpc) is 3.20. The van der Waals surface area contributed by atoms with Gasteiger partial charge in [-0.3, -0.25) is 23.4 Å². The van der Waals surface area contributed by atoms with E-state index in [1.54, 1.807) is 0 Å². The van der Waals surface area contributed by atoms with Crippen molar-refractivity contribution in [2.45, 2.75) is 219 Å². The summed E-state index contributed by atoms with van der Waals surface area (Å²) in [4.78, 5) is 46.0. The Labute approximate surface area is 353 Å². The summed E-state index contributed by atoms with van der Waals surface area (Å²) in [7, 11) is -4.72. The van der Waals surface area contributed by atoms with Gasteiger partial charge < -0.3 is 25.2 Å². The Bertz CT molecular complexity index is 1130. The van der Waals surface area contributed by atoms with Gasteiger partial charge in [0.15, 0.2) is 6.10 Å². The molecule has 0 aliphatic rings. The highest BCUT2D eigenvalue weighted by Gasteiger charge is 2.28. The number of allylic oxidation sites excluding steroid dienone is 6. The quantitative estimate of drug-likeness (QED) is 0.0175. The highest BCUT2D eigenvalue weighted by atomic mass is 31.2. The molecule has 0 heterocycles. The Balaban J connectivity index is 4.33. The number of phosphoric acid groups is 1. The standard InChI is InChI=1S/C46H84NO10P/c1-3-5-7-9-11-13-15-17-19-20-21-22-24-25-27-29-31-33-35-37-44(48)54-39-42(40-55-58(52,53)56-41-43(47)46(50)51)57-45(49)38-36-34-32-30-28-26-23-18-16-14-12-10-8-6-4-2/h14,16-19,23,42-43H,3-13,15,20-22,24-41,47H2,1-2H3,(H,50,51)(H,52,53)/b16-14+,19-17+,23-18+/t42-,43+/m1/s1. The van der Waals surface area contributed by atoms with Gasteiger partial charge >= 0.3 is 25.7 Å². The van der Waals surface area contributed by atoms with Crippen LogP contribution in [0.25, 0.3) is 0 Å². The van der Waals surface area contributed by atoms with E-state index in [4.69, 9.17) is 24.8 Å². The van der Waals surface area contributed by atoms with Crippen LogP contribution in [0.3, 0.4) is 0 Å². The van der Waals surface area contributed by atoms with Crippen molar-refractivity contribution in [1.29, 1.82) is 0 Å². The van der Waals surface area contributed by atoms with Crippen LogP contribution in [0.1, 0.15) is 206 Å². The van der Waals surface area contributed by atoms with E-state index in [1.807, 2.05) is 0 Å². The summed E-state index contributed by atoms with van der Waals surface area (Å²) in [6.45, 7) is 2.77. The van der Waals surface area contributed by atoms with Crippen LogP contribution in [0.15, 0.2) is 36.5 Å². The first-order chi connectivity index (χ1) is 28.1. The molecule has 0 saturated carbocycles. The molecule has 4 N–H and O–H groups in total. The molecule has 0 radical (unpaired) electrons. The molecular weight excluding hydrogens is 757 g/mol. The highest BCUT2D eigenvalue weighted by Crippen LogP contribution is 2.43. The van der Waals surface area contributed by atoms with Crippen molar-refractivity contribution < 1.29 is 47.5 Å². The van der Waals surface area contributed by atoms with Crippen LogP contribution in [0.5, 0.6) is 0 Å². The van der Waals surface area contributed by atoms with Crippen molar-refractivity contribution in [3.63, 3.8) is 0 Å².